The molecule has 1 aromatic carbocycles. The smallest absolute Gasteiger partial charge is 0.0835 e. The second-order valence-electron chi connectivity index (χ2n) is 3.99. The minimum atomic E-state index is -0.435. The fourth-order valence-corrected chi connectivity index (χ4v) is 2.28. The lowest BCUT2D eigenvalue weighted by Gasteiger charge is -2.12. The van der Waals surface area contributed by atoms with Crippen LogP contribution in [-0.4, -0.2) is 5.11 Å². The van der Waals surface area contributed by atoms with Crippen molar-refractivity contribution in [2.75, 3.05) is 0 Å². The maximum atomic E-state index is 9.97. The molecule has 14 heavy (non-hydrogen) atoms. The van der Waals surface area contributed by atoms with Gasteiger partial charge in [0.25, 0.3) is 0 Å². The lowest BCUT2D eigenvalue weighted by atomic mass is 10.0. The first-order chi connectivity index (χ1) is 6.59. The van der Waals surface area contributed by atoms with E-state index in [1.165, 1.54) is 0 Å². The van der Waals surface area contributed by atoms with E-state index in [2.05, 4.69) is 6.92 Å². The average Bonchev–Trinajstić information content (AvgIpc) is 2.81. The van der Waals surface area contributed by atoms with Gasteiger partial charge in [-0.2, -0.15) is 0 Å². The number of benzene rings is 1. The van der Waals surface area contributed by atoms with Gasteiger partial charge in [-0.3, -0.25) is 0 Å². The summed E-state index contributed by atoms with van der Waals surface area (Å²) in [7, 11) is 0. The third-order valence-corrected chi connectivity index (χ3v) is 3.42. The molecule has 0 heterocycles. The second-order valence-corrected chi connectivity index (χ2v) is 4.83. The molecule has 0 amide bonds. The van der Waals surface area contributed by atoms with Crippen LogP contribution in [-0.2, 0) is 0 Å². The summed E-state index contributed by atoms with van der Waals surface area (Å²) in [6, 6.07) is 5.24. The summed E-state index contributed by atoms with van der Waals surface area (Å²) in [5.74, 6) is 0.977. The first-order valence-electron chi connectivity index (χ1n) is 4.72. The van der Waals surface area contributed by atoms with Crippen LogP contribution in [0.25, 0.3) is 0 Å². The average molecular weight is 231 g/mol. The highest BCUT2D eigenvalue weighted by molar-refractivity contribution is 6.35. The monoisotopic (exact) mass is 230 g/mol. The first-order valence-corrected chi connectivity index (χ1v) is 5.48. The summed E-state index contributed by atoms with van der Waals surface area (Å²) >= 11 is 11.8. The third-order valence-electron chi connectivity index (χ3n) is 2.86. The summed E-state index contributed by atoms with van der Waals surface area (Å²) in [6.45, 7) is 2.14. The minimum Gasteiger partial charge on any atom is -0.388 e. The molecule has 0 bridgehead atoms. The van der Waals surface area contributed by atoms with Gasteiger partial charge in [-0.25, -0.2) is 0 Å². The van der Waals surface area contributed by atoms with Crippen LogP contribution in [0.4, 0.5) is 0 Å². The molecule has 1 aliphatic carbocycles. The Balaban J connectivity index is 2.23. The molecule has 0 saturated heterocycles. The van der Waals surface area contributed by atoms with Gasteiger partial charge in [0, 0.05) is 10.0 Å². The molecular formula is C11H12Cl2O. The molecule has 1 nitrogen and oxygen atoms in total. The molecule has 1 fully saturated rings. The molecule has 1 aromatic rings. The van der Waals surface area contributed by atoms with E-state index in [0.717, 1.165) is 12.0 Å². The molecule has 0 aromatic heterocycles. The molecule has 3 heteroatoms. The number of halogens is 2. The summed E-state index contributed by atoms with van der Waals surface area (Å²) < 4.78 is 0. The zero-order chi connectivity index (χ0) is 10.3. The molecule has 76 valence electrons. The van der Waals surface area contributed by atoms with Crippen LogP contribution in [0.5, 0.6) is 0 Å². The van der Waals surface area contributed by atoms with Crippen molar-refractivity contribution < 1.29 is 5.11 Å². The molecule has 2 rings (SSSR count). The van der Waals surface area contributed by atoms with E-state index in [1.54, 1.807) is 18.2 Å². The molecule has 0 aliphatic heterocycles. The summed E-state index contributed by atoms with van der Waals surface area (Å²) in [5, 5.41) is 11.1. The van der Waals surface area contributed by atoms with Gasteiger partial charge in [-0.05, 0) is 36.0 Å². The van der Waals surface area contributed by atoms with Crippen molar-refractivity contribution in [2.24, 2.45) is 11.8 Å². The van der Waals surface area contributed by atoms with Crippen molar-refractivity contribution in [3.8, 4) is 0 Å². The highest BCUT2D eigenvalue weighted by Gasteiger charge is 2.39. The van der Waals surface area contributed by atoms with E-state index in [4.69, 9.17) is 23.2 Å². The van der Waals surface area contributed by atoms with Gasteiger partial charge < -0.3 is 5.11 Å². The van der Waals surface area contributed by atoms with Crippen LogP contribution >= 0.6 is 23.2 Å². The Kier molecular flexibility index (Phi) is 2.74. The minimum absolute atomic E-state index is 0.369. The fraction of sp³-hybridized carbons (Fsp3) is 0.455. The highest BCUT2D eigenvalue weighted by Crippen LogP contribution is 2.48. The van der Waals surface area contributed by atoms with E-state index >= 15 is 0 Å². The summed E-state index contributed by atoms with van der Waals surface area (Å²) in [4.78, 5) is 0. The maximum Gasteiger partial charge on any atom is 0.0835 e. The van der Waals surface area contributed by atoms with E-state index in [1.807, 2.05) is 0 Å². The number of aliphatic hydroxyl groups is 1. The van der Waals surface area contributed by atoms with Crippen molar-refractivity contribution in [1.82, 2.24) is 0 Å². The Morgan fingerprint density at radius 2 is 2.07 bits per heavy atom. The Morgan fingerprint density at radius 1 is 1.43 bits per heavy atom. The Labute approximate surface area is 93.7 Å². The molecule has 1 aliphatic rings. The third kappa shape index (κ3) is 1.90. The largest absolute Gasteiger partial charge is 0.388 e. The number of hydrogen-bond donors (Lipinski definition) is 1. The molecule has 1 saturated carbocycles. The number of rotatable bonds is 2. The molecule has 1 N–H and O–H groups in total. The van der Waals surface area contributed by atoms with Crippen molar-refractivity contribution in [3.05, 3.63) is 33.8 Å². The standard InChI is InChI=1S/C11H12Cl2O/c1-6-4-9(6)11(14)8-3-2-7(12)5-10(8)13/h2-3,5-6,9,11,14H,4H2,1H3. The van der Waals surface area contributed by atoms with Crippen molar-refractivity contribution in [3.63, 3.8) is 0 Å². The summed E-state index contributed by atoms with van der Waals surface area (Å²) in [6.07, 6.45) is 0.648. The normalized spacial score (nSPS) is 27.4. The number of aliphatic hydroxyl groups excluding tert-OH is 1. The van der Waals surface area contributed by atoms with Gasteiger partial charge in [-0.1, -0.05) is 36.2 Å². The fourth-order valence-electron chi connectivity index (χ4n) is 1.76. The van der Waals surface area contributed by atoms with Crippen LogP contribution in [0.2, 0.25) is 10.0 Å². The second kappa shape index (κ2) is 3.73. The van der Waals surface area contributed by atoms with Gasteiger partial charge in [0.2, 0.25) is 0 Å². The van der Waals surface area contributed by atoms with E-state index < -0.39 is 6.10 Å². The van der Waals surface area contributed by atoms with Crippen LogP contribution in [0.15, 0.2) is 18.2 Å². The highest BCUT2D eigenvalue weighted by atomic mass is 35.5. The van der Waals surface area contributed by atoms with Gasteiger partial charge in [0.15, 0.2) is 0 Å². The predicted molar refractivity (Wildman–Crippen MR) is 58.7 cm³/mol. The van der Waals surface area contributed by atoms with Crippen LogP contribution in [0.1, 0.15) is 25.0 Å². The van der Waals surface area contributed by atoms with Gasteiger partial charge in [-0.15, -0.1) is 0 Å². The Morgan fingerprint density at radius 3 is 2.57 bits per heavy atom. The number of hydrogen-bond acceptors (Lipinski definition) is 1. The first kappa shape index (κ1) is 10.3. The maximum absolute atomic E-state index is 9.97. The zero-order valence-corrected chi connectivity index (χ0v) is 9.39. The molecule has 3 unspecified atom stereocenters. The summed E-state index contributed by atoms with van der Waals surface area (Å²) in [5.41, 5.74) is 0.797. The zero-order valence-electron chi connectivity index (χ0n) is 7.87. The van der Waals surface area contributed by atoms with Gasteiger partial charge in [0.1, 0.15) is 0 Å². The van der Waals surface area contributed by atoms with Crippen LogP contribution in [0.3, 0.4) is 0 Å². The molecule has 0 radical (unpaired) electrons. The van der Waals surface area contributed by atoms with E-state index in [0.29, 0.717) is 21.9 Å². The van der Waals surface area contributed by atoms with Crippen molar-refractivity contribution in [2.45, 2.75) is 19.4 Å². The van der Waals surface area contributed by atoms with E-state index in [-0.39, 0.29) is 0 Å². The van der Waals surface area contributed by atoms with Gasteiger partial charge >= 0.3 is 0 Å². The van der Waals surface area contributed by atoms with E-state index in [9.17, 15) is 5.11 Å². The molecular weight excluding hydrogens is 219 g/mol. The topological polar surface area (TPSA) is 20.2 Å². The molecule has 0 spiro atoms. The van der Waals surface area contributed by atoms with Crippen molar-refractivity contribution >= 4 is 23.2 Å². The lowest BCUT2D eigenvalue weighted by Crippen LogP contribution is -2.01. The quantitative estimate of drug-likeness (QED) is 0.822. The Bertz CT molecular complexity index is 351. The lowest BCUT2D eigenvalue weighted by molar-refractivity contribution is 0.148. The van der Waals surface area contributed by atoms with Crippen LogP contribution in [0, 0.1) is 11.8 Å². The predicted octanol–water partition coefficient (Wildman–Crippen LogP) is 3.68. The Hall–Kier alpha value is -0.240. The molecule has 3 atom stereocenters. The van der Waals surface area contributed by atoms with Crippen molar-refractivity contribution in [1.29, 1.82) is 0 Å². The van der Waals surface area contributed by atoms with Crippen LogP contribution < -0.4 is 0 Å². The van der Waals surface area contributed by atoms with Gasteiger partial charge in [0.05, 0.1) is 6.10 Å². The SMILES string of the molecule is CC1CC1C(O)c1ccc(Cl)cc1Cl.